The molecule has 1 amide bonds. The monoisotopic (exact) mass is 442 g/mol. The Labute approximate surface area is 179 Å². The van der Waals surface area contributed by atoms with Gasteiger partial charge < -0.3 is 10.1 Å². The van der Waals surface area contributed by atoms with E-state index in [1.807, 2.05) is 30.3 Å². The number of nitrogens with two attached hydrogens (primary N) is 1. The van der Waals surface area contributed by atoms with Crippen molar-refractivity contribution in [1.29, 1.82) is 0 Å². The van der Waals surface area contributed by atoms with E-state index < -0.39 is 34.5 Å². The summed E-state index contributed by atoms with van der Waals surface area (Å²) >= 11 is 0. The van der Waals surface area contributed by atoms with Crippen LogP contribution in [-0.2, 0) is 26.1 Å². The van der Waals surface area contributed by atoms with Crippen molar-refractivity contribution < 1.29 is 22.7 Å². The molecule has 0 spiro atoms. The maximum absolute atomic E-state index is 12.2. The number of ether oxygens (including phenoxy) is 1. The van der Waals surface area contributed by atoms with Crippen LogP contribution in [0.1, 0.15) is 34.5 Å². The predicted molar refractivity (Wildman–Crippen MR) is 112 cm³/mol. The zero-order valence-electron chi connectivity index (χ0n) is 16.8. The number of nitrogens with zero attached hydrogens (tertiary/aromatic N) is 2. The van der Waals surface area contributed by atoms with Gasteiger partial charge in [-0.25, -0.2) is 18.4 Å². The molecule has 0 saturated carbocycles. The Hall–Kier alpha value is -3.50. The molecule has 0 radical (unpaired) electrons. The van der Waals surface area contributed by atoms with Gasteiger partial charge in [0, 0.05) is 6.20 Å². The lowest BCUT2D eigenvalue weighted by atomic mass is 10.1. The van der Waals surface area contributed by atoms with E-state index in [0.29, 0.717) is 12.1 Å². The predicted octanol–water partition coefficient (Wildman–Crippen LogP) is 1.61. The van der Waals surface area contributed by atoms with Crippen molar-refractivity contribution in [1.82, 2.24) is 15.1 Å². The van der Waals surface area contributed by atoms with Crippen LogP contribution in [0.2, 0.25) is 0 Å². The van der Waals surface area contributed by atoms with Crippen molar-refractivity contribution >= 4 is 21.9 Å². The van der Waals surface area contributed by atoms with Crippen LogP contribution in [0.3, 0.4) is 0 Å². The highest BCUT2D eigenvalue weighted by atomic mass is 32.2. The fourth-order valence-electron chi connectivity index (χ4n) is 2.85. The summed E-state index contributed by atoms with van der Waals surface area (Å²) in [5, 5.41) is 11.9. The summed E-state index contributed by atoms with van der Waals surface area (Å²) in [5.74, 6) is -1.15. The average Bonchev–Trinajstić information content (AvgIpc) is 3.21. The first kappa shape index (κ1) is 22.2. The van der Waals surface area contributed by atoms with Crippen LogP contribution in [-0.4, -0.2) is 36.7 Å². The van der Waals surface area contributed by atoms with Crippen LogP contribution in [0.25, 0.3) is 0 Å². The number of hydrogen-bond donors (Lipinski definition) is 2. The van der Waals surface area contributed by atoms with Crippen LogP contribution in [0.15, 0.2) is 71.9 Å². The molecule has 1 heterocycles. The van der Waals surface area contributed by atoms with Gasteiger partial charge in [0.15, 0.2) is 6.61 Å². The molecular formula is C21H22N4O5S. The smallest absolute Gasteiger partial charge is 0.341 e. The minimum absolute atomic E-state index is 0.0171. The summed E-state index contributed by atoms with van der Waals surface area (Å²) in [7, 11) is -3.78. The lowest BCUT2D eigenvalue weighted by Crippen LogP contribution is -2.31. The number of aromatic nitrogens is 2. The highest BCUT2D eigenvalue weighted by Crippen LogP contribution is 2.15. The average molecular weight is 442 g/mol. The molecular weight excluding hydrogens is 420 g/mol. The summed E-state index contributed by atoms with van der Waals surface area (Å²) in [6.07, 6.45) is 2.95. The zero-order chi connectivity index (χ0) is 22.4. The van der Waals surface area contributed by atoms with Gasteiger partial charge in [-0.05, 0) is 30.2 Å². The van der Waals surface area contributed by atoms with E-state index in [-0.39, 0.29) is 10.5 Å². The number of amides is 1. The lowest BCUT2D eigenvalue weighted by Gasteiger charge is -2.14. The third-order valence-electron chi connectivity index (χ3n) is 4.48. The lowest BCUT2D eigenvalue weighted by molar-refractivity contribution is -0.124. The maximum atomic E-state index is 12.2. The first-order valence-corrected chi connectivity index (χ1v) is 10.9. The van der Waals surface area contributed by atoms with E-state index in [2.05, 4.69) is 10.4 Å². The first-order valence-electron chi connectivity index (χ1n) is 9.38. The van der Waals surface area contributed by atoms with E-state index in [1.54, 1.807) is 29.9 Å². The SMILES string of the molecule is CC(NC(=O)COC(=O)c1cnn(Cc2ccccc2)c1)c1ccc(S(N)(=O)=O)cc1. The van der Waals surface area contributed by atoms with Gasteiger partial charge in [0.1, 0.15) is 0 Å². The number of carbonyl (C=O) groups excluding carboxylic acids is 2. The van der Waals surface area contributed by atoms with Crippen LogP contribution in [0.5, 0.6) is 0 Å². The first-order chi connectivity index (χ1) is 14.7. The summed E-state index contributed by atoms with van der Waals surface area (Å²) in [6.45, 7) is 1.78. The van der Waals surface area contributed by atoms with E-state index >= 15 is 0 Å². The second-order valence-corrected chi connectivity index (χ2v) is 8.45. The molecule has 0 aliphatic heterocycles. The molecule has 1 aromatic heterocycles. The zero-order valence-corrected chi connectivity index (χ0v) is 17.6. The molecule has 9 nitrogen and oxygen atoms in total. The van der Waals surface area contributed by atoms with Gasteiger partial charge >= 0.3 is 5.97 Å². The van der Waals surface area contributed by atoms with Crippen molar-refractivity contribution in [3.63, 3.8) is 0 Å². The van der Waals surface area contributed by atoms with Gasteiger partial charge in [0.2, 0.25) is 10.0 Å². The molecule has 0 aliphatic rings. The Kier molecular flexibility index (Phi) is 6.83. The summed E-state index contributed by atoms with van der Waals surface area (Å²) in [6, 6.07) is 15.1. The van der Waals surface area contributed by atoms with Gasteiger partial charge in [-0.2, -0.15) is 5.10 Å². The van der Waals surface area contributed by atoms with Crippen LogP contribution < -0.4 is 10.5 Å². The Bertz CT molecular complexity index is 1160. The van der Waals surface area contributed by atoms with Crippen LogP contribution in [0, 0.1) is 0 Å². The van der Waals surface area contributed by atoms with Gasteiger partial charge in [0.25, 0.3) is 5.91 Å². The van der Waals surface area contributed by atoms with Crippen molar-refractivity contribution in [2.75, 3.05) is 6.61 Å². The summed E-state index contributed by atoms with van der Waals surface area (Å²) in [5.41, 5.74) is 1.96. The van der Waals surface area contributed by atoms with Crippen molar-refractivity contribution in [3.8, 4) is 0 Å². The molecule has 1 unspecified atom stereocenters. The molecule has 1 atom stereocenters. The van der Waals surface area contributed by atoms with Gasteiger partial charge in [-0.3, -0.25) is 9.48 Å². The minimum Gasteiger partial charge on any atom is -0.452 e. The van der Waals surface area contributed by atoms with E-state index in [1.165, 1.54) is 18.3 Å². The number of carbonyl (C=O) groups is 2. The van der Waals surface area contributed by atoms with Crippen LogP contribution in [0.4, 0.5) is 0 Å². The molecule has 0 bridgehead atoms. The fraction of sp³-hybridized carbons (Fsp3) is 0.190. The fourth-order valence-corrected chi connectivity index (χ4v) is 3.37. The number of benzene rings is 2. The van der Waals surface area contributed by atoms with Crippen molar-refractivity contribution in [2.45, 2.75) is 24.4 Å². The molecule has 3 rings (SSSR count). The highest BCUT2D eigenvalue weighted by molar-refractivity contribution is 7.89. The third-order valence-corrected chi connectivity index (χ3v) is 5.41. The second kappa shape index (κ2) is 9.54. The molecule has 2 aromatic carbocycles. The molecule has 162 valence electrons. The maximum Gasteiger partial charge on any atom is 0.341 e. The number of rotatable bonds is 8. The van der Waals surface area contributed by atoms with Crippen molar-refractivity contribution in [3.05, 3.63) is 83.7 Å². The summed E-state index contributed by atoms with van der Waals surface area (Å²) < 4.78 is 29.3. The molecule has 31 heavy (non-hydrogen) atoms. The Morgan fingerprint density at radius 2 is 1.81 bits per heavy atom. The molecule has 0 saturated heterocycles. The Morgan fingerprint density at radius 3 is 2.45 bits per heavy atom. The number of sulfonamides is 1. The molecule has 3 aromatic rings. The number of hydrogen-bond acceptors (Lipinski definition) is 6. The normalized spacial score (nSPS) is 12.2. The third kappa shape index (κ3) is 6.24. The van der Waals surface area contributed by atoms with Gasteiger partial charge in [-0.1, -0.05) is 42.5 Å². The largest absolute Gasteiger partial charge is 0.452 e. The molecule has 3 N–H and O–H groups in total. The van der Waals surface area contributed by atoms with E-state index in [4.69, 9.17) is 9.88 Å². The quantitative estimate of drug-likeness (QED) is 0.509. The molecule has 10 heteroatoms. The number of nitrogens with one attached hydrogen (secondary N) is 1. The number of primary sulfonamides is 1. The Balaban J connectivity index is 1.49. The van der Waals surface area contributed by atoms with Gasteiger partial charge in [-0.15, -0.1) is 0 Å². The van der Waals surface area contributed by atoms with E-state index in [9.17, 15) is 18.0 Å². The van der Waals surface area contributed by atoms with Gasteiger partial charge in [0.05, 0.1) is 29.2 Å². The van der Waals surface area contributed by atoms with Crippen molar-refractivity contribution in [2.24, 2.45) is 5.14 Å². The minimum atomic E-state index is -3.78. The molecule has 0 aliphatic carbocycles. The van der Waals surface area contributed by atoms with Crippen LogP contribution >= 0.6 is 0 Å². The highest BCUT2D eigenvalue weighted by Gasteiger charge is 2.15. The second-order valence-electron chi connectivity index (χ2n) is 6.89. The number of esters is 1. The summed E-state index contributed by atoms with van der Waals surface area (Å²) in [4.78, 5) is 24.3. The standard InChI is InChI=1S/C21H22N4O5S/c1-15(17-7-9-19(10-8-17)31(22,28)29)24-20(26)14-30-21(27)18-11-23-25(13-18)12-16-5-3-2-4-6-16/h2-11,13,15H,12,14H2,1H3,(H,24,26)(H2,22,28,29). The Morgan fingerprint density at radius 1 is 1.13 bits per heavy atom. The molecule has 0 fully saturated rings. The topological polar surface area (TPSA) is 133 Å². The van der Waals surface area contributed by atoms with E-state index in [0.717, 1.165) is 5.56 Å².